The lowest BCUT2D eigenvalue weighted by molar-refractivity contribution is -0.129. The summed E-state index contributed by atoms with van der Waals surface area (Å²) in [6, 6.07) is 10.9. The van der Waals surface area contributed by atoms with Gasteiger partial charge in [-0.3, -0.25) is 4.79 Å². The molecule has 1 amide bonds. The SMILES string of the molecule is O=C(NCCc1ccccc1)C1CC(N2C=CCC2)C1. The van der Waals surface area contributed by atoms with Crippen molar-refractivity contribution >= 4 is 5.91 Å². The van der Waals surface area contributed by atoms with E-state index in [4.69, 9.17) is 0 Å². The molecule has 1 aromatic rings. The number of carbonyl (C=O) groups is 1. The van der Waals surface area contributed by atoms with Gasteiger partial charge >= 0.3 is 0 Å². The Bertz CT molecular complexity index is 477. The zero-order chi connectivity index (χ0) is 13.8. The van der Waals surface area contributed by atoms with Crippen LogP contribution in [0.3, 0.4) is 0 Å². The highest BCUT2D eigenvalue weighted by Crippen LogP contribution is 2.33. The van der Waals surface area contributed by atoms with Crippen LogP contribution in [0.1, 0.15) is 24.8 Å². The molecule has 1 N–H and O–H groups in total. The predicted octanol–water partition coefficient (Wildman–Crippen LogP) is 2.34. The molecule has 1 aliphatic heterocycles. The normalized spacial score (nSPS) is 24.5. The van der Waals surface area contributed by atoms with Crippen molar-refractivity contribution < 1.29 is 4.79 Å². The number of benzene rings is 1. The standard InChI is InChI=1S/C17H22N2O/c20-17(18-9-8-14-6-2-1-3-7-14)15-12-16(13-15)19-10-4-5-11-19/h1-4,6-7,10,15-16H,5,8-9,11-13H2,(H,18,20). The lowest BCUT2D eigenvalue weighted by atomic mass is 9.79. The van der Waals surface area contributed by atoms with Crippen LogP contribution in [0.25, 0.3) is 0 Å². The van der Waals surface area contributed by atoms with Gasteiger partial charge in [-0.2, -0.15) is 0 Å². The molecular formula is C17H22N2O. The van der Waals surface area contributed by atoms with Gasteiger partial charge in [0.05, 0.1) is 0 Å². The number of hydrogen-bond acceptors (Lipinski definition) is 2. The molecule has 1 aliphatic carbocycles. The maximum Gasteiger partial charge on any atom is 0.223 e. The number of nitrogens with one attached hydrogen (secondary N) is 1. The molecular weight excluding hydrogens is 248 g/mol. The Balaban J connectivity index is 1.35. The minimum Gasteiger partial charge on any atom is -0.374 e. The van der Waals surface area contributed by atoms with Crippen LogP contribution >= 0.6 is 0 Å². The van der Waals surface area contributed by atoms with Crippen molar-refractivity contribution in [3.05, 3.63) is 48.2 Å². The van der Waals surface area contributed by atoms with Gasteiger partial charge in [0.15, 0.2) is 0 Å². The van der Waals surface area contributed by atoms with Crippen molar-refractivity contribution in [2.45, 2.75) is 31.7 Å². The van der Waals surface area contributed by atoms with Gasteiger partial charge in [-0.15, -0.1) is 0 Å². The predicted molar refractivity (Wildman–Crippen MR) is 80.1 cm³/mol. The quantitative estimate of drug-likeness (QED) is 0.890. The first-order chi connectivity index (χ1) is 9.83. The molecule has 1 aromatic carbocycles. The Labute approximate surface area is 120 Å². The summed E-state index contributed by atoms with van der Waals surface area (Å²) in [5, 5.41) is 3.07. The van der Waals surface area contributed by atoms with Crippen LogP contribution < -0.4 is 5.32 Å². The van der Waals surface area contributed by atoms with Crippen molar-refractivity contribution in [1.29, 1.82) is 0 Å². The third-order valence-electron chi connectivity index (χ3n) is 4.36. The second kappa shape index (κ2) is 6.12. The number of amides is 1. The summed E-state index contributed by atoms with van der Waals surface area (Å²) in [6.07, 6.45) is 8.51. The summed E-state index contributed by atoms with van der Waals surface area (Å²) in [4.78, 5) is 14.4. The summed E-state index contributed by atoms with van der Waals surface area (Å²) < 4.78 is 0. The van der Waals surface area contributed by atoms with Gasteiger partial charge in [-0.05, 0) is 37.4 Å². The molecule has 1 saturated carbocycles. The molecule has 0 atom stereocenters. The fraction of sp³-hybridized carbons (Fsp3) is 0.471. The first kappa shape index (κ1) is 13.2. The van der Waals surface area contributed by atoms with E-state index in [0.717, 1.165) is 38.8 Å². The van der Waals surface area contributed by atoms with E-state index in [2.05, 4.69) is 34.6 Å². The third kappa shape index (κ3) is 3.03. The Kier molecular flexibility index (Phi) is 4.05. The van der Waals surface area contributed by atoms with Gasteiger partial charge in [0.1, 0.15) is 0 Å². The molecule has 0 radical (unpaired) electrons. The van der Waals surface area contributed by atoms with Crippen molar-refractivity contribution in [3.8, 4) is 0 Å². The topological polar surface area (TPSA) is 32.3 Å². The summed E-state index contributed by atoms with van der Waals surface area (Å²) in [5.74, 6) is 0.463. The molecule has 0 saturated heterocycles. The van der Waals surface area contributed by atoms with E-state index in [1.807, 2.05) is 18.2 Å². The first-order valence-corrected chi connectivity index (χ1v) is 7.57. The van der Waals surface area contributed by atoms with Crippen LogP contribution in [0.4, 0.5) is 0 Å². The molecule has 0 unspecified atom stereocenters. The molecule has 0 spiro atoms. The van der Waals surface area contributed by atoms with E-state index >= 15 is 0 Å². The largest absolute Gasteiger partial charge is 0.374 e. The number of rotatable bonds is 5. The fourth-order valence-corrected chi connectivity index (χ4v) is 3.00. The fourth-order valence-electron chi connectivity index (χ4n) is 3.00. The highest BCUT2D eigenvalue weighted by Gasteiger charge is 2.37. The average Bonchev–Trinajstić information content (AvgIpc) is 2.92. The molecule has 1 fully saturated rings. The number of hydrogen-bond donors (Lipinski definition) is 1. The van der Waals surface area contributed by atoms with E-state index < -0.39 is 0 Å². The van der Waals surface area contributed by atoms with Gasteiger partial charge in [-0.25, -0.2) is 0 Å². The second-order valence-electron chi connectivity index (χ2n) is 5.76. The smallest absolute Gasteiger partial charge is 0.223 e. The van der Waals surface area contributed by atoms with E-state index in [1.54, 1.807) is 0 Å². The lowest BCUT2D eigenvalue weighted by Crippen LogP contribution is -2.47. The van der Waals surface area contributed by atoms with Crippen LogP contribution in [0.15, 0.2) is 42.6 Å². The number of carbonyl (C=O) groups excluding carboxylic acids is 1. The van der Waals surface area contributed by atoms with Crippen LogP contribution in [0, 0.1) is 5.92 Å². The Hall–Kier alpha value is -1.77. The Morgan fingerprint density at radius 2 is 2.05 bits per heavy atom. The molecule has 20 heavy (non-hydrogen) atoms. The van der Waals surface area contributed by atoms with Gasteiger partial charge in [0.25, 0.3) is 0 Å². The summed E-state index contributed by atoms with van der Waals surface area (Å²) in [5.41, 5.74) is 1.28. The van der Waals surface area contributed by atoms with Crippen LogP contribution in [-0.4, -0.2) is 29.9 Å². The Morgan fingerprint density at radius 3 is 2.75 bits per heavy atom. The minimum absolute atomic E-state index is 0.227. The van der Waals surface area contributed by atoms with Crippen LogP contribution in [0.2, 0.25) is 0 Å². The molecule has 1 heterocycles. The van der Waals surface area contributed by atoms with Gasteiger partial charge in [0.2, 0.25) is 5.91 Å². The molecule has 0 bridgehead atoms. The van der Waals surface area contributed by atoms with E-state index in [1.165, 1.54) is 5.56 Å². The van der Waals surface area contributed by atoms with Crippen LogP contribution in [-0.2, 0) is 11.2 Å². The second-order valence-corrected chi connectivity index (χ2v) is 5.76. The molecule has 0 aromatic heterocycles. The monoisotopic (exact) mass is 270 g/mol. The lowest BCUT2D eigenvalue weighted by Gasteiger charge is -2.40. The molecule has 3 nitrogen and oxygen atoms in total. The third-order valence-corrected chi connectivity index (χ3v) is 4.36. The van der Waals surface area contributed by atoms with Crippen LogP contribution in [0.5, 0.6) is 0 Å². The summed E-state index contributed by atoms with van der Waals surface area (Å²) >= 11 is 0. The van der Waals surface area contributed by atoms with Gasteiger partial charge in [0, 0.05) is 25.0 Å². The van der Waals surface area contributed by atoms with Crippen molar-refractivity contribution in [3.63, 3.8) is 0 Å². The summed E-state index contributed by atoms with van der Waals surface area (Å²) in [7, 11) is 0. The molecule has 2 aliphatic rings. The summed E-state index contributed by atoms with van der Waals surface area (Å²) in [6.45, 7) is 1.88. The maximum atomic E-state index is 12.0. The van der Waals surface area contributed by atoms with E-state index in [9.17, 15) is 4.79 Å². The highest BCUT2D eigenvalue weighted by molar-refractivity contribution is 5.79. The zero-order valence-electron chi connectivity index (χ0n) is 11.8. The molecule has 106 valence electrons. The maximum absolute atomic E-state index is 12.0. The Morgan fingerprint density at radius 1 is 1.25 bits per heavy atom. The van der Waals surface area contributed by atoms with Crippen molar-refractivity contribution in [2.24, 2.45) is 5.92 Å². The van der Waals surface area contributed by atoms with E-state index in [0.29, 0.717) is 6.04 Å². The zero-order valence-corrected chi connectivity index (χ0v) is 11.8. The number of nitrogens with zero attached hydrogens (tertiary/aromatic N) is 1. The van der Waals surface area contributed by atoms with Crippen molar-refractivity contribution in [2.75, 3.05) is 13.1 Å². The molecule has 3 heteroatoms. The minimum atomic E-state index is 0.227. The van der Waals surface area contributed by atoms with E-state index in [-0.39, 0.29) is 11.8 Å². The van der Waals surface area contributed by atoms with Crippen molar-refractivity contribution in [1.82, 2.24) is 10.2 Å². The average molecular weight is 270 g/mol. The first-order valence-electron chi connectivity index (χ1n) is 7.57. The van der Waals surface area contributed by atoms with Gasteiger partial charge in [-0.1, -0.05) is 36.4 Å². The highest BCUT2D eigenvalue weighted by atomic mass is 16.1. The van der Waals surface area contributed by atoms with Gasteiger partial charge < -0.3 is 10.2 Å². The molecule has 3 rings (SSSR count).